The highest BCUT2D eigenvalue weighted by molar-refractivity contribution is 6.05. The Morgan fingerprint density at radius 2 is 1.79 bits per heavy atom. The molecule has 0 heterocycles. The molecule has 0 spiro atoms. The van der Waals surface area contributed by atoms with E-state index in [-0.39, 0.29) is 5.78 Å². The summed E-state index contributed by atoms with van der Waals surface area (Å²) in [4.78, 5) is 12.2. The molecule has 0 saturated carbocycles. The summed E-state index contributed by atoms with van der Waals surface area (Å²) in [7, 11) is 0. The van der Waals surface area contributed by atoms with Crippen LogP contribution in [0.1, 0.15) is 43.5 Å². The summed E-state index contributed by atoms with van der Waals surface area (Å²) in [5.41, 5.74) is 7.26. The van der Waals surface area contributed by atoms with Crippen LogP contribution in [0.15, 0.2) is 36.4 Å². The summed E-state index contributed by atoms with van der Waals surface area (Å²) >= 11 is 0. The van der Waals surface area contributed by atoms with E-state index in [0.717, 1.165) is 23.6 Å². The van der Waals surface area contributed by atoms with Gasteiger partial charge in [0.25, 0.3) is 0 Å². The molecule has 0 radical (unpaired) electrons. The summed E-state index contributed by atoms with van der Waals surface area (Å²) in [6.45, 7) is 4.35. The number of carbonyl (C=O) groups is 1. The van der Waals surface area contributed by atoms with Crippen molar-refractivity contribution in [2.45, 2.75) is 33.1 Å². The molecule has 19 heavy (non-hydrogen) atoms. The minimum absolute atomic E-state index is 0.156. The molecule has 0 aliphatic heterocycles. The topological polar surface area (TPSA) is 43.1 Å². The van der Waals surface area contributed by atoms with Crippen molar-refractivity contribution in [1.29, 1.82) is 0 Å². The highest BCUT2D eigenvalue weighted by Crippen LogP contribution is 2.23. The Labute approximate surface area is 114 Å². The van der Waals surface area contributed by atoms with Gasteiger partial charge in [0.15, 0.2) is 5.78 Å². The van der Waals surface area contributed by atoms with Crippen LogP contribution in [0.25, 0.3) is 10.8 Å². The summed E-state index contributed by atoms with van der Waals surface area (Å²) in [6, 6.07) is 11.8. The predicted molar refractivity (Wildman–Crippen MR) is 81.4 cm³/mol. The van der Waals surface area contributed by atoms with Gasteiger partial charge >= 0.3 is 0 Å². The number of hydrogen-bond donors (Lipinski definition) is 1. The van der Waals surface area contributed by atoms with Gasteiger partial charge in [0.05, 0.1) is 0 Å². The Hall–Kier alpha value is -1.83. The molecule has 0 atom stereocenters. The van der Waals surface area contributed by atoms with Crippen molar-refractivity contribution < 1.29 is 4.79 Å². The molecule has 0 fully saturated rings. The zero-order valence-electron chi connectivity index (χ0n) is 11.6. The minimum Gasteiger partial charge on any atom is -0.398 e. The van der Waals surface area contributed by atoms with E-state index in [0.29, 0.717) is 23.6 Å². The van der Waals surface area contributed by atoms with Crippen LogP contribution in [0.5, 0.6) is 0 Å². The van der Waals surface area contributed by atoms with E-state index in [9.17, 15) is 4.79 Å². The van der Waals surface area contributed by atoms with Gasteiger partial charge in [-0.15, -0.1) is 0 Å². The normalized spacial score (nSPS) is 11.1. The molecule has 2 heteroatoms. The lowest BCUT2D eigenvalue weighted by molar-refractivity contribution is 0.0979. The first kappa shape index (κ1) is 13.6. The average molecular weight is 255 g/mol. The summed E-state index contributed by atoms with van der Waals surface area (Å²) in [5, 5.41) is 2.16. The van der Waals surface area contributed by atoms with Crippen molar-refractivity contribution in [3.05, 3.63) is 42.0 Å². The number of fused-ring (bicyclic) bond motifs is 1. The molecule has 0 amide bonds. The third kappa shape index (κ3) is 3.34. The predicted octanol–water partition coefficient (Wildman–Crippen LogP) is 4.43. The number of nitrogen functional groups attached to an aromatic ring is 1. The zero-order valence-corrected chi connectivity index (χ0v) is 11.6. The standard InChI is InChI=1S/C17H21NO/c1-12(2)6-5-9-17(19)15-10-13-7-3-4-8-14(13)11-16(15)18/h3-4,7-8,10-12H,5-6,9,18H2,1-2H3. The van der Waals surface area contributed by atoms with Crippen molar-refractivity contribution in [1.82, 2.24) is 0 Å². The average Bonchev–Trinajstić information content (AvgIpc) is 2.37. The maximum absolute atomic E-state index is 12.2. The third-order valence-electron chi connectivity index (χ3n) is 3.40. The third-order valence-corrected chi connectivity index (χ3v) is 3.40. The van der Waals surface area contributed by atoms with Crippen molar-refractivity contribution in [3.63, 3.8) is 0 Å². The van der Waals surface area contributed by atoms with E-state index in [1.807, 2.05) is 36.4 Å². The molecule has 0 aliphatic rings. The largest absolute Gasteiger partial charge is 0.398 e. The number of nitrogens with two attached hydrogens (primary N) is 1. The van der Waals surface area contributed by atoms with Crippen LogP contribution in [-0.4, -0.2) is 5.78 Å². The van der Waals surface area contributed by atoms with Gasteiger partial charge in [-0.3, -0.25) is 4.79 Å². The monoisotopic (exact) mass is 255 g/mol. The first-order valence-corrected chi connectivity index (χ1v) is 6.89. The van der Waals surface area contributed by atoms with Crippen LogP contribution < -0.4 is 5.73 Å². The van der Waals surface area contributed by atoms with Crippen molar-refractivity contribution in [2.24, 2.45) is 5.92 Å². The molecular formula is C17H21NO. The Morgan fingerprint density at radius 1 is 1.16 bits per heavy atom. The van der Waals surface area contributed by atoms with E-state index in [1.54, 1.807) is 0 Å². The molecule has 2 aromatic rings. The van der Waals surface area contributed by atoms with E-state index in [4.69, 9.17) is 5.73 Å². The van der Waals surface area contributed by atoms with Crippen molar-refractivity contribution >= 4 is 22.2 Å². The SMILES string of the molecule is CC(C)CCCC(=O)c1cc2ccccc2cc1N. The molecule has 2 nitrogen and oxygen atoms in total. The first-order chi connectivity index (χ1) is 9.08. The Morgan fingerprint density at radius 3 is 2.42 bits per heavy atom. The second kappa shape index (κ2) is 5.87. The molecule has 2 rings (SSSR count). The van der Waals surface area contributed by atoms with Crippen LogP contribution in [0.3, 0.4) is 0 Å². The lowest BCUT2D eigenvalue weighted by Gasteiger charge is -2.08. The molecule has 2 N–H and O–H groups in total. The van der Waals surface area contributed by atoms with E-state index < -0.39 is 0 Å². The van der Waals surface area contributed by atoms with E-state index in [2.05, 4.69) is 13.8 Å². The maximum Gasteiger partial charge on any atom is 0.164 e. The van der Waals surface area contributed by atoms with Gasteiger partial charge in [-0.2, -0.15) is 0 Å². The molecule has 2 aromatic carbocycles. The summed E-state index contributed by atoms with van der Waals surface area (Å²) in [5.74, 6) is 0.797. The molecule has 0 unspecified atom stereocenters. The molecule has 100 valence electrons. The molecule has 0 bridgehead atoms. The lowest BCUT2D eigenvalue weighted by atomic mass is 9.98. The minimum atomic E-state index is 0.156. The van der Waals surface area contributed by atoms with Gasteiger partial charge in [0, 0.05) is 17.7 Å². The number of hydrogen-bond acceptors (Lipinski definition) is 2. The summed E-state index contributed by atoms with van der Waals surface area (Å²) < 4.78 is 0. The Bertz CT molecular complexity index is 587. The molecule has 0 saturated heterocycles. The van der Waals surface area contributed by atoms with Crippen molar-refractivity contribution in [2.75, 3.05) is 5.73 Å². The molecule has 0 aromatic heterocycles. The fraction of sp³-hybridized carbons (Fsp3) is 0.353. The highest BCUT2D eigenvalue weighted by atomic mass is 16.1. The number of Topliss-reactive ketones (excluding diaryl/α,β-unsaturated/α-hetero) is 1. The second-order valence-corrected chi connectivity index (χ2v) is 5.50. The molecular weight excluding hydrogens is 234 g/mol. The smallest absolute Gasteiger partial charge is 0.164 e. The van der Waals surface area contributed by atoms with Crippen LogP contribution in [0.2, 0.25) is 0 Å². The van der Waals surface area contributed by atoms with Gasteiger partial charge in [-0.25, -0.2) is 0 Å². The summed E-state index contributed by atoms with van der Waals surface area (Å²) in [6.07, 6.45) is 2.60. The van der Waals surface area contributed by atoms with Crippen molar-refractivity contribution in [3.8, 4) is 0 Å². The first-order valence-electron chi connectivity index (χ1n) is 6.89. The number of carbonyl (C=O) groups excluding carboxylic acids is 1. The van der Waals surface area contributed by atoms with Crippen LogP contribution >= 0.6 is 0 Å². The maximum atomic E-state index is 12.2. The Kier molecular flexibility index (Phi) is 4.20. The number of anilines is 1. The number of rotatable bonds is 5. The lowest BCUT2D eigenvalue weighted by Crippen LogP contribution is -2.04. The van der Waals surface area contributed by atoms with Gasteiger partial charge in [0.1, 0.15) is 0 Å². The number of benzene rings is 2. The van der Waals surface area contributed by atoms with E-state index >= 15 is 0 Å². The van der Waals surface area contributed by atoms with E-state index in [1.165, 1.54) is 0 Å². The van der Waals surface area contributed by atoms with Gasteiger partial charge < -0.3 is 5.73 Å². The fourth-order valence-electron chi connectivity index (χ4n) is 2.30. The second-order valence-electron chi connectivity index (χ2n) is 5.50. The van der Waals surface area contributed by atoms with Gasteiger partial charge in [-0.05, 0) is 35.2 Å². The van der Waals surface area contributed by atoms with Gasteiger partial charge in [-0.1, -0.05) is 44.5 Å². The van der Waals surface area contributed by atoms with Crippen LogP contribution in [-0.2, 0) is 0 Å². The zero-order chi connectivity index (χ0) is 13.8. The Balaban J connectivity index is 2.19. The fourth-order valence-corrected chi connectivity index (χ4v) is 2.30. The highest BCUT2D eigenvalue weighted by Gasteiger charge is 2.11. The molecule has 0 aliphatic carbocycles. The quantitative estimate of drug-likeness (QED) is 0.634. The van der Waals surface area contributed by atoms with Crippen LogP contribution in [0, 0.1) is 5.92 Å². The van der Waals surface area contributed by atoms with Crippen LogP contribution in [0.4, 0.5) is 5.69 Å². The number of ketones is 1. The van der Waals surface area contributed by atoms with Gasteiger partial charge in [0.2, 0.25) is 0 Å².